The zero-order valence-corrected chi connectivity index (χ0v) is 16.3. The molecule has 0 radical (unpaired) electrons. The monoisotopic (exact) mass is 384 g/mol. The fraction of sp³-hybridized carbons (Fsp3) is 0.174. The van der Waals surface area contributed by atoms with Crippen molar-refractivity contribution in [1.82, 2.24) is 20.2 Å². The number of tetrazole rings is 1. The van der Waals surface area contributed by atoms with Gasteiger partial charge in [-0.25, -0.2) is 0 Å². The van der Waals surface area contributed by atoms with E-state index in [-0.39, 0.29) is 0 Å². The van der Waals surface area contributed by atoms with Gasteiger partial charge < -0.3 is 9.47 Å². The fourth-order valence-corrected chi connectivity index (χ4v) is 3.78. The Morgan fingerprint density at radius 2 is 1.72 bits per heavy atom. The van der Waals surface area contributed by atoms with Crippen LogP contribution < -0.4 is 9.47 Å². The number of benzene rings is 3. The third-order valence-electron chi connectivity index (χ3n) is 5.07. The standard InChI is InChI=1S/C23H20N4O2/c1-15-12-20(29-19-6-4-3-5-7-19)13-16(2)22(15)27-23(24-25-26-27)18-8-9-21-17(14-18)10-11-28-21/h3-9,12-14H,10-11H2,1-2H3. The first-order chi connectivity index (χ1) is 14.2. The Morgan fingerprint density at radius 3 is 2.52 bits per heavy atom. The highest BCUT2D eigenvalue weighted by Gasteiger charge is 2.19. The highest BCUT2D eigenvalue weighted by Crippen LogP contribution is 2.33. The van der Waals surface area contributed by atoms with Crippen molar-refractivity contribution >= 4 is 0 Å². The van der Waals surface area contributed by atoms with Crippen LogP contribution in [0.1, 0.15) is 16.7 Å². The average molecular weight is 384 g/mol. The number of nitrogens with zero attached hydrogens (tertiary/aromatic N) is 4. The molecule has 5 rings (SSSR count). The van der Waals surface area contributed by atoms with Gasteiger partial charge in [-0.05, 0) is 83.4 Å². The van der Waals surface area contributed by atoms with E-state index >= 15 is 0 Å². The predicted octanol–water partition coefficient (Wildman–Crippen LogP) is 4.67. The van der Waals surface area contributed by atoms with Crippen LogP contribution >= 0.6 is 0 Å². The summed E-state index contributed by atoms with van der Waals surface area (Å²) >= 11 is 0. The van der Waals surface area contributed by atoms with Crippen molar-refractivity contribution in [3.8, 4) is 34.3 Å². The first-order valence-electron chi connectivity index (χ1n) is 9.58. The second-order valence-electron chi connectivity index (χ2n) is 7.16. The molecule has 6 heteroatoms. The zero-order chi connectivity index (χ0) is 19.8. The van der Waals surface area contributed by atoms with Crippen molar-refractivity contribution in [3.05, 3.63) is 77.4 Å². The minimum absolute atomic E-state index is 0.711. The van der Waals surface area contributed by atoms with Crippen LogP contribution in [0, 0.1) is 13.8 Å². The smallest absolute Gasteiger partial charge is 0.187 e. The minimum atomic E-state index is 0.711. The molecule has 0 saturated heterocycles. The number of para-hydroxylation sites is 1. The summed E-state index contributed by atoms with van der Waals surface area (Å²) in [5.41, 5.74) is 5.20. The quantitative estimate of drug-likeness (QED) is 0.511. The van der Waals surface area contributed by atoms with Crippen LogP contribution in [0.15, 0.2) is 60.7 Å². The van der Waals surface area contributed by atoms with Crippen LogP contribution in [0.3, 0.4) is 0 Å². The maximum Gasteiger partial charge on any atom is 0.187 e. The van der Waals surface area contributed by atoms with E-state index in [1.807, 2.05) is 68.4 Å². The molecule has 144 valence electrons. The summed E-state index contributed by atoms with van der Waals surface area (Å²) in [5.74, 6) is 3.26. The lowest BCUT2D eigenvalue weighted by Gasteiger charge is -2.14. The topological polar surface area (TPSA) is 62.1 Å². The summed E-state index contributed by atoms with van der Waals surface area (Å²) in [7, 11) is 0. The van der Waals surface area contributed by atoms with E-state index in [9.17, 15) is 0 Å². The fourth-order valence-electron chi connectivity index (χ4n) is 3.78. The lowest BCUT2D eigenvalue weighted by molar-refractivity contribution is 0.357. The summed E-state index contributed by atoms with van der Waals surface area (Å²) in [6.07, 6.45) is 0.911. The summed E-state index contributed by atoms with van der Waals surface area (Å²) in [5, 5.41) is 12.5. The first kappa shape index (κ1) is 17.4. The summed E-state index contributed by atoms with van der Waals surface area (Å²) in [4.78, 5) is 0. The first-order valence-corrected chi connectivity index (χ1v) is 9.58. The van der Waals surface area contributed by atoms with Gasteiger partial charge in [-0.1, -0.05) is 18.2 Å². The Bertz CT molecular complexity index is 1160. The molecule has 2 heterocycles. The van der Waals surface area contributed by atoms with Gasteiger partial charge in [-0.2, -0.15) is 4.68 Å². The van der Waals surface area contributed by atoms with Crippen molar-refractivity contribution in [2.45, 2.75) is 20.3 Å². The molecule has 0 atom stereocenters. The van der Waals surface area contributed by atoms with Crippen LogP contribution in [0.5, 0.6) is 17.2 Å². The van der Waals surface area contributed by atoms with Gasteiger partial charge in [0, 0.05) is 12.0 Å². The molecule has 1 aliphatic rings. The minimum Gasteiger partial charge on any atom is -0.493 e. The van der Waals surface area contributed by atoms with Gasteiger partial charge in [0.2, 0.25) is 0 Å². The van der Waals surface area contributed by atoms with E-state index in [0.717, 1.165) is 52.7 Å². The molecule has 0 aliphatic carbocycles. The normalized spacial score (nSPS) is 12.5. The van der Waals surface area contributed by atoms with Gasteiger partial charge in [0.05, 0.1) is 12.3 Å². The summed E-state index contributed by atoms with van der Waals surface area (Å²) in [6, 6.07) is 19.9. The Morgan fingerprint density at radius 1 is 0.931 bits per heavy atom. The molecule has 0 unspecified atom stereocenters. The van der Waals surface area contributed by atoms with Gasteiger partial charge in [0.25, 0.3) is 0 Å². The third kappa shape index (κ3) is 3.23. The van der Waals surface area contributed by atoms with Crippen molar-refractivity contribution in [2.75, 3.05) is 6.61 Å². The average Bonchev–Trinajstić information content (AvgIpc) is 3.37. The number of ether oxygens (including phenoxy) is 2. The number of hydrogen-bond acceptors (Lipinski definition) is 5. The lowest BCUT2D eigenvalue weighted by Crippen LogP contribution is -2.05. The summed E-state index contributed by atoms with van der Waals surface area (Å²) in [6.45, 7) is 4.81. The van der Waals surface area contributed by atoms with Crippen molar-refractivity contribution < 1.29 is 9.47 Å². The van der Waals surface area contributed by atoms with Crippen LogP contribution in [-0.2, 0) is 6.42 Å². The lowest BCUT2D eigenvalue weighted by atomic mass is 10.1. The Balaban J connectivity index is 1.53. The Kier molecular flexibility index (Phi) is 4.24. The number of hydrogen-bond donors (Lipinski definition) is 0. The maximum atomic E-state index is 6.00. The van der Waals surface area contributed by atoms with E-state index in [0.29, 0.717) is 5.82 Å². The van der Waals surface area contributed by atoms with E-state index < -0.39 is 0 Å². The highest BCUT2D eigenvalue weighted by molar-refractivity contribution is 5.63. The number of fused-ring (bicyclic) bond motifs is 1. The van der Waals surface area contributed by atoms with Gasteiger partial charge in [-0.3, -0.25) is 0 Å². The van der Waals surface area contributed by atoms with Crippen LogP contribution in [0.2, 0.25) is 0 Å². The molecule has 0 bridgehead atoms. The molecule has 0 amide bonds. The molecule has 0 N–H and O–H groups in total. The molecule has 1 aliphatic heterocycles. The SMILES string of the molecule is Cc1cc(Oc2ccccc2)cc(C)c1-n1nnnc1-c1ccc2c(c1)CCO2. The largest absolute Gasteiger partial charge is 0.493 e. The highest BCUT2D eigenvalue weighted by atomic mass is 16.5. The van der Waals surface area contributed by atoms with Crippen LogP contribution in [-0.4, -0.2) is 26.8 Å². The molecule has 0 spiro atoms. The summed E-state index contributed by atoms with van der Waals surface area (Å²) < 4.78 is 13.4. The van der Waals surface area contributed by atoms with Gasteiger partial charge in [0.15, 0.2) is 5.82 Å². The van der Waals surface area contributed by atoms with Crippen molar-refractivity contribution in [3.63, 3.8) is 0 Å². The molecule has 4 aromatic rings. The zero-order valence-electron chi connectivity index (χ0n) is 16.3. The number of rotatable bonds is 4. The molecule has 29 heavy (non-hydrogen) atoms. The second-order valence-corrected chi connectivity index (χ2v) is 7.16. The third-order valence-corrected chi connectivity index (χ3v) is 5.07. The Hall–Kier alpha value is -3.67. The van der Waals surface area contributed by atoms with Gasteiger partial charge in [0.1, 0.15) is 17.2 Å². The second kappa shape index (κ2) is 7.05. The molecule has 6 nitrogen and oxygen atoms in total. The van der Waals surface area contributed by atoms with E-state index in [4.69, 9.17) is 9.47 Å². The van der Waals surface area contributed by atoms with Crippen LogP contribution in [0.25, 0.3) is 17.1 Å². The number of aromatic nitrogens is 4. The van der Waals surface area contributed by atoms with Gasteiger partial charge in [-0.15, -0.1) is 5.10 Å². The molecule has 3 aromatic carbocycles. The predicted molar refractivity (Wildman–Crippen MR) is 110 cm³/mol. The Labute approximate surface area is 168 Å². The van der Waals surface area contributed by atoms with Gasteiger partial charge >= 0.3 is 0 Å². The molecular formula is C23H20N4O2. The molecule has 0 fully saturated rings. The van der Waals surface area contributed by atoms with E-state index in [1.165, 1.54) is 5.56 Å². The van der Waals surface area contributed by atoms with Crippen LogP contribution in [0.4, 0.5) is 0 Å². The maximum absolute atomic E-state index is 6.00. The van der Waals surface area contributed by atoms with Crippen molar-refractivity contribution in [2.24, 2.45) is 0 Å². The van der Waals surface area contributed by atoms with E-state index in [2.05, 4.69) is 21.6 Å². The molecule has 0 saturated carbocycles. The molecular weight excluding hydrogens is 364 g/mol. The molecule has 1 aromatic heterocycles. The van der Waals surface area contributed by atoms with Crippen molar-refractivity contribution in [1.29, 1.82) is 0 Å². The number of aryl methyl sites for hydroxylation is 2. The van der Waals surface area contributed by atoms with E-state index in [1.54, 1.807) is 4.68 Å².